The molecule has 1 aliphatic carbocycles. The Morgan fingerprint density at radius 3 is 2.65 bits per heavy atom. The van der Waals surface area contributed by atoms with Crippen molar-refractivity contribution in [2.24, 2.45) is 5.92 Å². The minimum Gasteiger partial charge on any atom is -0.439 e. The van der Waals surface area contributed by atoms with E-state index in [9.17, 15) is 14.4 Å². The van der Waals surface area contributed by atoms with Crippen molar-refractivity contribution in [3.8, 4) is 11.6 Å². The second-order valence-electron chi connectivity index (χ2n) is 10.9. The highest BCUT2D eigenvalue weighted by Crippen LogP contribution is 2.48. The van der Waals surface area contributed by atoms with Gasteiger partial charge in [0.1, 0.15) is 5.75 Å². The monoisotopic (exact) mass is 562 g/mol. The number of carbonyl (C=O) groups is 3. The van der Waals surface area contributed by atoms with E-state index in [0.717, 1.165) is 43.5 Å². The summed E-state index contributed by atoms with van der Waals surface area (Å²) < 4.78 is 5.89. The van der Waals surface area contributed by atoms with E-state index in [1.165, 1.54) is 18.7 Å². The van der Waals surface area contributed by atoms with Gasteiger partial charge in [0.2, 0.25) is 11.8 Å². The lowest BCUT2D eigenvalue weighted by molar-refractivity contribution is -0.119. The molecule has 3 fully saturated rings. The first-order valence-corrected chi connectivity index (χ1v) is 14.8. The molecule has 11 heteroatoms. The van der Waals surface area contributed by atoms with E-state index in [2.05, 4.69) is 26.3 Å². The van der Waals surface area contributed by atoms with Crippen molar-refractivity contribution >= 4 is 35.3 Å². The molecule has 0 bridgehead atoms. The van der Waals surface area contributed by atoms with Crippen LogP contribution in [0, 0.1) is 12.8 Å². The number of nitrogens with one attached hydrogen (secondary N) is 4. The van der Waals surface area contributed by atoms with Crippen molar-refractivity contribution in [2.45, 2.75) is 69.5 Å². The number of nitrogens with zero attached hydrogens (tertiary/aromatic N) is 2. The third-order valence-corrected chi connectivity index (χ3v) is 9.40. The van der Waals surface area contributed by atoms with Gasteiger partial charge in [0.15, 0.2) is 0 Å². The van der Waals surface area contributed by atoms with E-state index in [1.807, 2.05) is 43.3 Å². The van der Waals surface area contributed by atoms with E-state index < -0.39 is 0 Å². The Morgan fingerprint density at radius 1 is 1.12 bits per heavy atom. The number of urea groups is 1. The van der Waals surface area contributed by atoms with Crippen molar-refractivity contribution in [1.29, 1.82) is 0 Å². The second kappa shape index (κ2) is 11.1. The van der Waals surface area contributed by atoms with Crippen LogP contribution in [-0.4, -0.2) is 52.9 Å². The number of benzene rings is 1. The Balaban J connectivity index is 1.21. The number of hydrogen-bond acceptors (Lipinski definition) is 7. The molecule has 210 valence electrons. The predicted molar refractivity (Wildman–Crippen MR) is 153 cm³/mol. The van der Waals surface area contributed by atoms with E-state index in [-0.39, 0.29) is 47.3 Å². The number of pyridine rings is 1. The summed E-state index contributed by atoms with van der Waals surface area (Å²) in [4.78, 5) is 45.5. The first-order chi connectivity index (χ1) is 19.4. The second-order valence-corrected chi connectivity index (χ2v) is 12.0. The zero-order valence-electron chi connectivity index (χ0n) is 22.6. The summed E-state index contributed by atoms with van der Waals surface area (Å²) in [6, 6.07) is 11.0. The lowest BCUT2D eigenvalue weighted by Crippen LogP contribution is -2.62. The summed E-state index contributed by atoms with van der Waals surface area (Å²) in [5.74, 6) is 0.912. The van der Waals surface area contributed by atoms with Crippen LogP contribution >= 0.6 is 11.8 Å². The number of thioether (sulfide) groups is 1. The summed E-state index contributed by atoms with van der Waals surface area (Å²) in [6.07, 6.45) is 5.91. The smallest absolute Gasteiger partial charge is 0.326 e. The zero-order valence-corrected chi connectivity index (χ0v) is 23.4. The molecule has 1 saturated carbocycles. The van der Waals surface area contributed by atoms with Crippen molar-refractivity contribution in [2.75, 3.05) is 11.4 Å². The lowest BCUT2D eigenvalue weighted by atomic mass is 9.86. The first kappa shape index (κ1) is 26.6. The predicted octanol–water partition coefficient (Wildman–Crippen LogP) is 3.54. The number of carbonyl (C=O) groups excluding carboxylic acids is 3. The maximum absolute atomic E-state index is 13.6. The number of piperidine rings is 1. The molecular weight excluding hydrogens is 528 g/mol. The van der Waals surface area contributed by atoms with Gasteiger partial charge in [-0.2, -0.15) is 0 Å². The van der Waals surface area contributed by atoms with Gasteiger partial charge < -0.3 is 26.0 Å². The summed E-state index contributed by atoms with van der Waals surface area (Å²) in [5, 5.41) is 12.8. The SMILES string of the molecule is CC(=O)N[C@@H]1CCC[C@@H](NC(=O)C2=C3NC(=O)N(c4cnc(Oc5ccccc5)cc4C)C4CCNC(S2)C34)C1. The van der Waals surface area contributed by atoms with Gasteiger partial charge in [-0.15, -0.1) is 0 Å². The number of rotatable bonds is 6. The highest BCUT2D eigenvalue weighted by molar-refractivity contribution is 8.04. The van der Waals surface area contributed by atoms with Gasteiger partial charge in [-0.25, -0.2) is 9.78 Å². The van der Waals surface area contributed by atoms with Gasteiger partial charge in [-0.1, -0.05) is 30.0 Å². The third kappa shape index (κ3) is 5.27. The Kier molecular flexibility index (Phi) is 7.41. The number of para-hydroxylation sites is 1. The molecule has 0 spiro atoms. The molecule has 0 radical (unpaired) electrons. The average Bonchev–Trinajstić information content (AvgIpc) is 3.29. The number of hydrogen-bond donors (Lipinski definition) is 4. The van der Waals surface area contributed by atoms with Crippen LogP contribution < -0.4 is 30.9 Å². The minimum absolute atomic E-state index is 0.00923. The van der Waals surface area contributed by atoms with Gasteiger partial charge in [0.05, 0.1) is 28.2 Å². The molecule has 3 unspecified atom stereocenters. The third-order valence-electron chi connectivity index (χ3n) is 8.05. The summed E-state index contributed by atoms with van der Waals surface area (Å²) in [7, 11) is 0. The Hall–Kier alpha value is -3.57. The number of anilines is 1. The van der Waals surface area contributed by atoms with Gasteiger partial charge in [-0.05, 0) is 63.3 Å². The zero-order chi connectivity index (χ0) is 27.8. The fourth-order valence-electron chi connectivity index (χ4n) is 6.33. The average molecular weight is 563 g/mol. The molecular formula is C29H34N6O4S. The molecule has 40 heavy (non-hydrogen) atoms. The molecule has 5 atom stereocenters. The number of aryl methyl sites for hydroxylation is 1. The molecule has 1 aromatic heterocycles. The van der Waals surface area contributed by atoms with Gasteiger partial charge in [0.25, 0.3) is 5.91 Å². The highest BCUT2D eigenvalue weighted by Gasteiger charge is 2.52. The fraction of sp³-hybridized carbons (Fsp3) is 0.448. The van der Waals surface area contributed by atoms with E-state index in [0.29, 0.717) is 28.7 Å². The van der Waals surface area contributed by atoms with Gasteiger partial charge in [0, 0.05) is 36.7 Å². The Morgan fingerprint density at radius 2 is 1.90 bits per heavy atom. The van der Waals surface area contributed by atoms with E-state index in [4.69, 9.17) is 4.74 Å². The van der Waals surface area contributed by atoms with Crippen LogP contribution in [0.5, 0.6) is 11.6 Å². The number of aromatic nitrogens is 1. The molecule has 1 aromatic carbocycles. The highest BCUT2D eigenvalue weighted by atomic mass is 32.2. The minimum atomic E-state index is -0.255. The summed E-state index contributed by atoms with van der Waals surface area (Å²) >= 11 is 1.50. The normalized spacial score (nSPS) is 27.5. The van der Waals surface area contributed by atoms with Crippen molar-refractivity contribution in [3.05, 3.63) is 58.8 Å². The van der Waals surface area contributed by atoms with Crippen LogP contribution in [0.3, 0.4) is 0 Å². The van der Waals surface area contributed by atoms with Crippen LogP contribution in [0.25, 0.3) is 0 Å². The van der Waals surface area contributed by atoms with Gasteiger partial charge >= 0.3 is 6.03 Å². The molecule has 2 saturated heterocycles. The Labute approximate surface area is 237 Å². The number of ether oxygens (including phenoxy) is 1. The first-order valence-electron chi connectivity index (χ1n) is 13.9. The maximum Gasteiger partial charge on any atom is 0.326 e. The molecule has 4 aliphatic rings. The molecule has 6 rings (SSSR count). The molecule has 2 aromatic rings. The quantitative estimate of drug-likeness (QED) is 0.425. The van der Waals surface area contributed by atoms with Crippen LogP contribution in [0.1, 0.15) is 44.6 Å². The molecule has 4 N–H and O–H groups in total. The molecule has 4 amide bonds. The van der Waals surface area contributed by atoms with Crippen LogP contribution in [0.4, 0.5) is 10.5 Å². The van der Waals surface area contributed by atoms with Crippen LogP contribution in [-0.2, 0) is 9.59 Å². The standard InChI is InChI=1S/C29H34N6O4S/c1-16-13-23(39-20-9-4-3-5-10-20)31-15-22(16)35-21-11-12-30-28-24(21)25(34-29(35)38)26(40-28)27(37)33-19-8-6-7-18(14-19)32-17(2)36/h3-5,9-10,13,15,18-19,21,24,28,30H,6-8,11-12,14H2,1-2H3,(H,32,36)(H,33,37)(H,34,38)/t18-,19-,21?,24?,28?/m1/s1. The van der Waals surface area contributed by atoms with Crippen molar-refractivity contribution in [1.82, 2.24) is 26.3 Å². The Bertz CT molecular complexity index is 1350. The van der Waals surface area contributed by atoms with Gasteiger partial charge in [-0.3, -0.25) is 14.5 Å². The topological polar surface area (TPSA) is 125 Å². The van der Waals surface area contributed by atoms with Crippen LogP contribution in [0.2, 0.25) is 0 Å². The molecule has 10 nitrogen and oxygen atoms in total. The van der Waals surface area contributed by atoms with Crippen molar-refractivity contribution in [3.63, 3.8) is 0 Å². The van der Waals surface area contributed by atoms with E-state index >= 15 is 0 Å². The fourth-order valence-corrected chi connectivity index (χ4v) is 7.73. The summed E-state index contributed by atoms with van der Waals surface area (Å²) in [5.41, 5.74) is 2.32. The number of amides is 4. The summed E-state index contributed by atoms with van der Waals surface area (Å²) in [6.45, 7) is 4.22. The lowest BCUT2D eigenvalue weighted by Gasteiger charge is -2.46. The van der Waals surface area contributed by atoms with Crippen LogP contribution in [0.15, 0.2) is 53.2 Å². The largest absolute Gasteiger partial charge is 0.439 e. The molecule has 3 aliphatic heterocycles. The molecule has 4 heterocycles. The maximum atomic E-state index is 13.6. The van der Waals surface area contributed by atoms with Crippen molar-refractivity contribution < 1.29 is 19.1 Å². The van der Waals surface area contributed by atoms with E-state index in [1.54, 1.807) is 11.1 Å².